The van der Waals surface area contributed by atoms with Gasteiger partial charge in [-0.1, -0.05) is 19.8 Å². The summed E-state index contributed by atoms with van der Waals surface area (Å²) >= 11 is 0. The highest BCUT2D eigenvalue weighted by molar-refractivity contribution is 5.96. The van der Waals surface area contributed by atoms with Gasteiger partial charge in [0, 0.05) is 6.04 Å². The molecule has 0 bridgehead atoms. The van der Waals surface area contributed by atoms with Gasteiger partial charge < -0.3 is 10.4 Å². The van der Waals surface area contributed by atoms with Crippen LogP contribution in [0.2, 0.25) is 0 Å². The highest BCUT2D eigenvalue weighted by atomic mass is 19.1. The lowest BCUT2D eigenvalue weighted by atomic mass is 9.87. The van der Waals surface area contributed by atoms with E-state index in [1.165, 1.54) is 12.5 Å². The third kappa shape index (κ3) is 3.00. The zero-order chi connectivity index (χ0) is 13.1. The molecule has 0 aromatic heterocycles. The van der Waals surface area contributed by atoms with Crippen molar-refractivity contribution >= 4 is 5.91 Å². The summed E-state index contributed by atoms with van der Waals surface area (Å²) in [7, 11) is 0. The Balaban J connectivity index is 2.05. The molecule has 2 N–H and O–H groups in total. The minimum Gasteiger partial charge on any atom is -0.507 e. The van der Waals surface area contributed by atoms with Gasteiger partial charge >= 0.3 is 0 Å². The lowest BCUT2D eigenvalue weighted by Gasteiger charge is -2.27. The Bertz CT molecular complexity index is 447. The fraction of sp³-hybridized carbons (Fsp3) is 0.500. The Morgan fingerprint density at radius 2 is 2.22 bits per heavy atom. The van der Waals surface area contributed by atoms with E-state index in [4.69, 9.17) is 0 Å². The van der Waals surface area contributed by atoms with Gasteiger partial charge in [0.15, 0.2) is 0 Å². The van der Waals surface area contributed by atoms with Crippen LogP contribution in [0.5, 0.6) is 5.75 Å². The predicted octanol–water partition coefficient (Wildman–Crippen LogP) is 2.84. The number of rotatable bonds is 2. The van der Waals surface area contributed by atoms with Gasteiger partial charge in [0.2, 0.25) is 0 Å². The minimum atomic E-state index is -0.519. The highest BCUT2D eigenvalue weighted by Gasteiger charge is 2.22. The zero-order valence-corrected chi connectivity index (χ0v) is 10.4. The summed E-state index contributed by atoms with van der Waals surface area (Å²) in [6.07, 6.45) is 4.19. The second-order valence-electron chi connectivity index (χ2n) is 5.10. The molecule has 2 rings (SSSR count). The number of halogens is 1. The lowest BCUT2D eigenvalue weighted by Crippen LogP contribution is -2.38. The Morgan fingerprint density at radius 3 is 2.94 bits per heavy atom. The topological polar surface area (TPSA) is 49.3 Å². The zero-order valence-electron chi connectivity index (χ0n) is 10.4. The Morgan fingerprint density at radius 1 is 1.44 bits per heavy atom. The van der Waals surface area contributed by atoms with Gasteiger partial charge in [-0.3, -0.25) is 4.79 Å². The summed E-state index contributed by atoms with van der Waals surface area (Å²) in [5, 5.41) is 12.4. The van der Waals surface area contributed by atoms with Gasteiger partial charge in [0.1, 0.15) is 11.6 Å². The van der Waals surface area contributed by atoms with Crippen LogP contribution in [0, 0.1) is 11.7 Å². The SMILES string of the molecule is CC1CCCC(NC(=O)c2cc(F)ccc2O)C1. The molecule has 0 radical (unpaired) electrons. The van der Waals surface area contributed by atoms with Crippen LogP contribution in [0.25, 0.3) is 0 Å². The van der Waals surface area contributed by atoms with E-state index in [2.05, 4.69) is 12.2 Å². The molecule has 1 aromatic carbocycles. The number of carbonyl (C=O) groups is 1. The second-order valence-corrected chi connectivity index (χ2v) is 5.10. The van der Waals surface area contributed by atoms with Crippen LogP contribution in [-0.2, 0) is 0 Å². The number of hydrogen-bond acceptors (Lipinski definition) is 2. The Hall–Kier alpha value is -1.58. The van der Waals surface area contributed by atoms with Crippen LogP contribution < -0.4 is 5.32 Å². The van der Waals surface area contributed by atoms with Crippen molar-refractivity contribution in [3.63, 3.8) is 0 Å². The van der Waals surface area contributed by atoms with E-state index in [9.17, 15) is 14.3 Å². The maximum absolute atomic E-state index is 13.1. The summed E-state index contributed by atoms with van der Waals surface area (Å²) in [6.45, 7) is 2.16. The monoisotopic (exact) mass is 251 g/mol. The normalized spacial score (nSPS) is 23.7. The van der Waals surface area contributed by atoms with Crippen molar-refractivity contribution in [1.82, 2.24) is 5.32 Å². The maximum atomic E-state index is 13.1. The van der Waals surface area contributed by atoms with Crippen LogP contribution >= 0.6 is 0 Å². The highest BCUT2D eigenvalue weighted by Crippen LogP contribution is 2.24. The number of phenolic OH excluding ortho intramolecular Hbond substituents is 1. The molecule has 18 heavy (non-hydrogen) atoms. The lowest BCUT2D eigenvalue weighted by molar-refractivity contribution is 0.0918. The standard InChI is InChI=1S/C14H18FNO2/c1-9-3-2-4-11(7-9)16-14(18)12-8-10(15)5-6-13(12)17/h5-6,8-9,11,17H,2-4,7H2,1H3,(H,16,18). The Labute approximate surface area is 106 Å². The molecule has 98 valence electrons. The minimum absolute atomic E-state index is 0.00762. The maximum Gasteiger partial charge on any atom is 0.255 e. The van der Waals surface area contributed by atoms with Crippen LogP contribution in [0.1, 0.15) is 43.0 Å². The molecule has 2 unspecified atom stereocenters. The molecule has 0 heterocycles. The van der Waals surface area contributed by atoms with Gasteiger partial charge in [-0.15, -0.1) is 0 Å². The van der Waals surface area contributed by atoms with Crippen molar-refractivity contribution < 1.29 is 14.3 Å². The molecule has 2 atom stereocenters. The molecule has 0 spiro atoms. The second kappa shape index (κ2) is 5.38. The molecule has 1 saturated carbocycles. The number of carbonyl (C=O) groups excluding carboxylic acids is 1. The third-order valence-electron chi connectivity index (χ3n) is 3.47. The molecule has 1 aromatic rings. The van der Waals surface area contributed by atoms with E-state index in [0.29, 0.717) is 5.92 Å². The molecule has 1 aliphatic rings. The molecule has 1 amide bonds. The average Bonchev–Trinajstić information content (AvgIpc) is 2.32. The van der Waals surface area contributed by atoms with Crippen molar-refractivity contribution in [2.45, 2.75) is 38.6 Å². The van der Waals surface area contributed by atoms with E-state index in [-0.39, 0.29) is 17.4 Å². The molecule has 1 fully saturated rings. The molecule has 3 nitrogen and oxygen atoms in total. The van der Waals surface area contributed by atoms with Gasteiger partial charge in [0.25, 0.3) is 5.91 Å². The molecule has 4 heteroatoms. The van der Waals surface area contributed by atoms with Crippen molar-refractivity contribution in [2.75, 3.05) is 0 Å². The van der Waals surface area contributed by atoms with Gasteiger partial charge in [-0.25, -0.2) is 4.39 Å². The van der Waals surface area contributed by atoms with Crippen molar-refractivity contribution in [3.8, 4) is 5.75 Å². The van der Waals surface area contributed by atoms with Crippen molar-refractivity contribution in [2.24, 2.45) is 5.92 Å². The van der Waals surface area contributed by atoms with Crippen molar-refractivity contribution in [3.05, 3.63) is 29.6 Å². The Kier molecular flexibility index (Phi) is 3.84. The number of benzene rings is 1. The number of amides is 1. The van der Waals surface area contributed by atoms with Crippen molar-refractivity contribution in [1.29, 1.82) is 0 Å². The van der Waals surface area contributed by atoms with E-state index in [0.717, 1.165) is 31.4 Å². The van der Waals surface area contributed by atoms with Crippen LogP contribution in [0.4, 0.5) is 4.39 Å². The first-order valence-electron chi connectivity index (χ1n) is 6.35. The summed E-state index contributed by atoms with van der Waals surface area (Å²) in [5.74, 6) is -0.496. The number of nitrogens with one attached hydrogen (secondary N) is 1. The smallest absolute Gasteiger partial charge is 0.255 e. The first-order chi connectivity index (χ1) is 8.56. The third-order valence-corrected chi connectivity index (χ3v) is 3.47. The molecule has 0 saturated heterocycles. The predicted molar refractivity (Wildman–Crippen MR) is 67.0 cm³/mol. The van der Waals surface area contributed by atoms with E-state index < -0.39 is 11.7 Å². The van der Waals surface area contributed by atoms with Gasteiger partial charge in [-0.2, -0.15) is 0 Å². The average molecular weight is 251 g/mol. The summed E-state index contributed by atoms with van der Waals surface area (Å²) < 4.78 is 13.1. The first kappa shape index (κ1) is 12.9. The summed E-state index contributed by atoms with van der Waals surface area (Å²) in [6, 6.07) is 3.53. The molecular formula is C14H18FNO2. The van der Waals surface area contributed by atoms with E-state index in [1.807, 2.05) is 0 Å². The van der Waals surface area contributed by atoms with Crippen LogP contribution in [0.3, 0.4) is 0 Å². The number of aromatic hydroxyl groups is 1. The summed E-state index contributed by atoms with van der Waals surface area (Å²) in [5.41, 5.74) is 0.00762. The fourth-order valence-electron chi connectivity index (χ4n) is 2.52. The number of hydrogen-bond donors (Lipinski definition) is 2. The molecular weight excluding hydrogens is 233 g/mol. The quantitative estimate of drug-likeness (QED) is 0.849. The van der Waals surface area contributed by atoms with Crippen LogP contribution in [0.15, 0.2) is 18.2 Å². The van der Waals surface area contributed by atoms with E-state index in [1.54, 1.807) is 0 Å². The first-order valence-corrected chi connectivity index (χ1v) is 6.35. The summed E-state index contributed by atoms with van der Waals surface area (Å²) in [4.78, 5) is 12.0. The molecule has 1 aliphatic carbocycles. The fourth-order valence-corrected chi connectivity index (χ4v) is 2.52. The number of phenols is 1. The molecule has 0 aliphatic heterocycles. The largest absolute Gasteiger partial charge is 0.507 e. The van der Waals surface area contributed by atoms with Gasteiger partial charge in [-0.05, 0) is 37.0 Å². The van der Waals surface area contributed by atoms with E-state index >= 15 is 0 Å². The van der Waals surface area contributed by atoms with Gasteiger partial charge in [0.05, 0.1) is 5.56 Å². The van der Waals surface area contributed by atoms with Crippen LogP contribution in [-0.4, -0.2) is 17.1 Å².